The summed E-state index contributed by atoms with van der Waals surface area (Å²) < 4.78 is 0. The number of carbonyl (C=O) groups excluding carboxylic acids is 2. The van der Waals surface area contributed by atoms with Crippen LogP contribution in [-0.4, -0.2) is 64.1 Å². The van der Waals surface area contributed by atoms with Gasteiger partial charge in [-0.1, -0.05) is 11.8 Å². The molecule has 1 saturated carbocycles. The maximum Gasteiger partial charge on any atom is 0.281 e. The Bertz CT molecular complexity index is 320. The lowest BCUT2D eigenvalue weighted by molar-refractivity contribution is -0.136. The van der Waals surface area contributed by atoms with E-state index in [1.807, 2.05) is 0 Å². The van der Waals surface area contributed by atoms with Gasteiger partial charge in [0.1, 0.15) is 0 Å². The summed E-state index contributed by atoms with van der Waals surface area (Å²) in [6, 6.07) is 0.313. The first kappa shape index (κ1) is 13.7. The van der Waals surface area contributed by atoms with Crippen molar-refractivity contribution in [2.45, 2.75) is 31.7 Å². The molecule has 0 unspecified atom stereocenters. The average molecular weight is 272 g/mol. The highest BCUT2D eigenvalue weighted by Gasteiger charge is 2.29. The Morgan fingerprint density at radius 1 is 1.50 bits per heavy atom. The monoisotopic (exact) mass is 272 g/mol. The Kier molecular flexibility index (Phi) is 4.88. The van der Waals surface area contributed by atoms with Crippen LogP contribution in [0.5, 0.6) is 0 Å². The second kappa shape index (κ2) is 6.43. The number of hydrogen-bond acceptors (Lipinski definition) is 4. The largest absolute Gasteiger partial charge is 0.395 e. The van der Waals surface area contributed by atoms with E-state index in [0.29, 0.717) is 25.6 Å². The van der Waals surface area contributed by atoms with Crippen LogP contribution in [0.1, 0.15) is 25.7 Å². The normalized spacial score (nSPS) is 20.1. The van der Waals surface area contributed by atoms with Crippen LogP contribution in [0.25, 0.3) is 0 Å². The van der Waals surface area contributed by atoms with Gasteiger partial charge in [0.05, 0.1) is 6.61 Å². The number of aliphatic hydroxyl groups is 1. The van der Waals surface area contributed by atoms with E-state index in [9.17, 15) is 9.59 Å². The van der Waals surface area contributed by atoms with Crippen molar-refractivity contribution in [2.24, 2.45) is 0 Å². The molecule has 0 atom stereocenters. The molecule has 2 fully saturated rings. The first-order chi connectivity index (χ1) is 8.72. The molecular weight excluding hydrogens is 252 g/mol. The lowest BCUT2D eigenvalue weighted by atomic mass is 9.91. The van der Waals surface area contributed by atoms with E-state index in [0.717, 1.165) is 25.1 Å². The third kappa shape index (κ3) is 3.17. The molecule has 102 valence electrons. The second-order valence-electron chi connectivity index (χ2n) is 4.75. The van der Waals surface area contributed by atoms with Crippen LogP contribution in [0.15, 0.2) is 0 Å². The molecule has 0 radical (unpaired) electrons. The fraction of sp³-hybridized carbons (Fsp3) is 0.833. The molecule has 18 heavy (non-hydrogen) atoms. The van der Waals surface area contributed by atoms with Crippen LogP contribution in [0.3, 0.4) is 0 Å². The number of thioether (sulfide) groups is 1. The number of rotatable bonds is 6. The molecule has 0 aromatic rings. The molecule has 2 amide bonds. The van der Waals surface area contributed by atoms with Crippen molar-refractivity contribution in [1.82, 2.24) is 9.80 Å². The summed E-state index contributed by atoms with van der Waals surface area (Å²) >= 11 is 1.32. The van der Waals surface area contributed by atoms with Crippen LogP contribution >= 0.6 is 11.8 Å². The van der Waals surface area contributed by atoms with Gasteiger partial charge < -0.3 is 14.9 Å². The van der Waals surface area contributed by atoms with Crippen LogP contribution in [-0.2, 0) is 4.79 Å². The van der Waals surface area contributed by atoms with Gasteiger partial charge in [-0.25, -0.2) is 0 Å². The molecule has 5 nitrogen and oxygen atoms in total. The van der Waals surface area contributed by atoms with E-state index in [2.05, 4.69) is 0 Å². The topological polar surface area (TPSA) is 60.9 Å². The van der Waals surface area contributed by atoms with Crippen molar-refractivity contribution in [3.05, 3.63) is 0 Å². The highest BCUT2D eigenvalue weighted by molar-refractivity contribution is 8.13. The molecule has 1 saturated heterocycles. The molecule has 0 bridgehead atoms. The highest BCUT2D eigenvalue weighted by Crippen LogP contribution is 2.25. The summed E-state index contributed by atoms with van der Waals surface area (Å²) in [7, 11) is 0. The minimum atomic E-state index is 0.0146. The fourth-order valence-electron chi connectivity index (χ4n) is 2.32. The van der Waals surface area contributed by atoms with E-state index in [-0.39, 0.29) is 17.8 Å². The minimum Gasteiger partial charge on any atom is -0.395 e. The quantitative estimate of drug-likeness (QED) is 0.781. The fourth-order valence-corrected chi connectivity index (χ4v) is 3.17. The maximum absolute atomic E-state index is 12.1. The van der Waals surface area contributed by atoms with Crippen LogP contribution < -0.4 is 0 Å². The van der Waals surface area contributed by atoms with Crippen molar-refractivity contribution in [3.63, 3.8) is 0 Å². The van der Waals surface area contributed by atoms with E-state index in [1.165, 1.54) is 18.2 Å². The van der Waals surface area contributed by atoms with Gasteiger partial charge in [0.25, 0.3) is 5.24 Å². The summed E-state index contributed by atoms with van der Waals surface area (Å²) in [6.07, 6.45) is 3.64. The predicted molar refractivity (Wildman–Crippen MR) is 70.5 cm³/mol. The van der Waals surface area contributed by atoms with Gasteiger partial charge in [-0.15, -0.1) is 0 Å². The molecule has 6 heteroatoms. The Labute approximate surface area is 112 Å². The van der Waals surface area contributed by atoms with Gasteiger partial charge in [-0.05, 0) is 19.3 Å². The molecule has 0 aromatic carbocycles. The minimum absolute atomic E-state index is 0.0146. The van der Waals surface area contributed by atoms with Gasteiger partial charge in [-0.3, -0.25) is 9.59 Å². The molecule has 2 rings (SSSR count). The third-order valence-corrected chi connectivity index (χ3v) is 4.51. The second-order valence-corrected chi connectivity index (χ2v) is 5.79. The molecule has 1 aliphatic heterocycles. The summed E-state index contributed by atoms with van der Waals surface area (Å²) in [4.78, 5) is 27.0. The SMILES string of the molecule is O=C1SCCN1CCC(=O)N(CCO)C1CCC1. The van der Waals surface area contributed by atoms with Crippen LogP contribution in [0.4, 0.5) is 4.79 Å². The molecule has 1 heterocycles. The third-order valence-electron chi connectivity index (χ3n) is 3.62. The molecule has 1 N–H and O–H groups in total. The van der Waals surface area contributed by atoms with Gasteiger partial charge >= 0.3 is 0 Å². The van der Waals surface area contributed by atoms with Crippen molar-refractivity contribution in [3.8, 4) is 0 Å². The standard InChI is InChI=1S/C12H20N2O3S/c15-8-6-14(10-2-1-3-10)11(16)4-5-13-7-9-18-12(13)17/h10,15H,1-9H2. The maximum atomic E-state index is 12.1. The number of hydrogen-bond donors (Lipinski definition) is 1. The van der Waals surface area contributed by atoms with Gasteiger partial charge in [0, 0.05) is 37.8 Å². The summed E-state index contributed by atoms with van der Waals surface area (Å²) in [5, 5.41) is 9.10. The molecule has 2 aliphatic rings. The van der Waals surface area contributed by atoms with Crippen molar-refractivity contribution in [2.75, 3.05) is 32.0 Å². The van der Waals surface area contributed by atoms with Gasteiger partial charge in [-0.2, -0.15) is 0 Å². The van der Waals surface area contributed by atoms with Crippen molar-refractivity contribution >= 4 is 22.9 Å². The smallest absolute Gasteiger partial charge is 0.281 e. The first-order valence-corrected chi connectivity index (χ1v) is 7.53. The van der Waals surface area contributed by atoms with Crippen molar-refractivity contribution < 1.29 is 14.7 Å². The summed E-state index contributed by atoms with van der Waals surface area (Å²) in [5.41, 5.74) is 0. The lowest BCUT2D eigenvalue weighted by Gasteiger charge is -2.37. The number of aliphatic hydroxyl groups excluding tert-OH is 1. The van der Waals surface area contributed by atoms with E-state index >= 15 is 0 Å². The Morgan fingerprint density at radius 2 is 2.28 bits per heavy atom. The molecule has 0 spiro atoms. The van der Waals surface area contributed by atoms with Gasteiger partial charge in [0.15, 0.2) is 0 Å². The van der Waals surface area contributed by atoms with E-state index in [1.54, 1.807) is 9.80 Å². The number of nitrogens with zero attached hydrogens (tertiary/aromatic N) is 2. The van der Waals surface area contributed by atoms with E-state index in [4.69, 9.17) is 5.11 Å². The lowest BCUT2D eigenvalue weighted by Crippen LogP contribution is -2.46. The predicted octanol–water partition coefficient (Wildman–Crippen LogP) is 0.919. The molecule has 1 aliphatic carbocycles. The number of amides is 2. The summed E-state index contributed by atoms with van der Waals surface area (Å²) in [5.74, 6) is 0.897. The van der Waals surface area contributed by atoms with Crippen molar-refractivity contribution in [1.29, 1.82) is 0 Å². The Balaban J connectivity index is 1.79. The zero-order valence-electron chi connectivity index (χ0n) is 10.5. The first-order valence-electron chi connectivity index (χ1n) is 6.54. The van der Waals surface area contributed by atoms with Crippen LogP contribution in [0, 0.1) is 0 Å². The highest BCUT2D eigenvalue weighted by atomic mass is 32.2. The Hall–Kier alpha value is -0.750. The molecular formula is C12H20N2O3S. The number of carbonyl (C=O) groups is 2. The molecule has 0 aromatic heterocycles. The Morgan fingerprint density at radius 3 is 2.78 bits per heavy atom. The zero-order chi connectivity index (χ0) is 13.0. The van der Waals surface area contributed by atoms with Crippen LogP contribution in [0.2, 0.25) is 0 Å². The van der Waals surface area contributed by atoms with E-state index < -0.39 is 0 Å². The van der Waals surface area contributed by atoms with Gasteiger partial charge in [0.2, 0.25) is 5.91 Å². The summed E-state index contributed by atoms with van der Waals surface area (Å²) in [6.45, 7) is 1.70. The zero-order valence-corrected chi connectivity index (χ0v) is 11.3. The average Bonchev–Trinajstić information content (AvgIpc) is 2.69.